The number of H-pyrrole nitrogens is 1. The van der Waals surface area contributed by atoms with Crippen LogP contribution in [0.25, 0.3) is 11.6 Å². The van der Waals surface area contributed by atoms with Crippen LogP contribution < -0.4 is 15.0 Å². The summed E-state index contributed by atoms with van der Waals surface area (Å²) in [5, 5.41) is 0.583. The minimum Gasteiger partial charge on any atom is -0.497 e. The van der Waals surface area contributed by atoms with Gasteiger partial charge >= 0.3 is 0 Å². The smallest absolute Gasteiger partial charge is 0.278 e. The summed E-state index contributed by atoms with van der Waals surface area (Å²) < 4.78 is 16.3. The quantitative estimate of drug-likeness (QED) is 0.491. The summed E-state index contributed by atoms with van der Waals surface area (Å²) in [5.74, 6) is 2.53. The second-order valence-corrected chi connectivity index (χ2v) is 8.23. The van der Waals surface area contributed by atoms with E-state index >= 15 is 0 Å². The van der Waals surface area contributed by atoms with Gasteiger partial charge in [0.05, 0.1) is 24.6 Å². The summed E-state index contributed by atoms with van der Waals surface area (Å²) in [5.41, 5.74) is 1.42. The number of hydrogen-bond donors (Lipinski definition) is 1. The monoisotopic (exact) mass is 436 g/mol. The van der Waals surface area contributed by atoms with Crippen molar-refractivity contribution in [1.29, 1.82) is 0 Å². The van der Waals surface area contributed by atoms with Gasteiger partial charge in [0.15, 0.2) is 11.6 Å². The summed E-state index contributed by atoms with van der Waals surface area (Å²) in [4.78, 5) is 27.7. The molecule has 0 unspecified atom stereocenters. The molecule has 5 rings (SSSR count). The number of aromatic nitrogens is 3. The lowest BCUT2D eigenvalue weighted by Crippen LogP contribution is -2.35. The van der Waals surface area contributed by atoms with Gasteiger partial charge in [-0.2, -0.15) is 0 Å². The lowest BCUT2D eigenvalue weighted by molar-refractivity contribution is 0.244. The normalized spacial score (nSPS) is 13.7. The highest BCUT2D eigenvalue weighted by molar-refractivity contribution is 7.13. The number of ether oxygens (including phenoxy) is 2. The van der Waals surface area contributed by atoms with E-state index in [1.165, 1.54) is 11.3 Å². The van der Waals surface area contributed by atoms with E-state index in [1.54, 1.807) is 25.5 Å². The number of furan rings is 1. The molecule has 0 saturated heterocycles. The van der Waals surface area contributed by atoms with Crippen LogP contribution in [-0.2, 0) is 19.5 Å². The number of hydrogen-bond acceptors (Lipinski definition) is 8. The van der Waals surface area contributed by atoms with Gasteiger partial charge < -0.3 is 18.9 Å². The molecule has 4 heterocycles. The number of fused-ring (bicyclic) bond motifs is 1. The zero-order chi connectivity index (χ0) is 21.2. The van der Waals surface area contributed by atoms with Gasteiger partial charge in [0.2, 0.25) is 0 Å². The maximum absolute atomic E-state index is 12.6. The first kappa shape index (κ1) is 19.5. The van der Waals surface area contributed by atoms with Gasteiger partial charge in [0.25, 0.3) is 10.8 Å². The number of nitrogens with zero attached hydrogens (tertiary/aromatic N) is 3. The predicted molar refractivity (Wildman–Crippen MR) is 116 cm³/mol. The van der Waals surface area contributed by atoms with Crippen LogP contribution in [0.15, 0.2) is 58.1 Å². The standard InChI is InChI=1S/C22H20N4O4S/c1-28-14-4-6-15(7-5-14)30-22-23-11-16(31-22)12-26-9-8-18-17(13-26)21(27)25-20(24-18)19-3-2-10-29-19/h2-7,10-11H,8-9,12-13H2,1H3,(H,24,25,27). The molecule has 3 aromatic heterocycles. The minimum atomic E-state index is -0.117. The largest absolute Gasteiger partial charge is 0.497 e. The molecule has 0 bridgehead atoms. The van der Waals surface area contributed by atoms with Crippen molar-refractivity contribution in [3.05, 3.63) is 75.3 Å². The van der Waals surface area contributed by atoms with Crippen molar-refractivity contribution in [2.45, 2.75) is 19.5 Å². The molecule has 0 saturated carbocycles. The van der Waals surface area contributed by atoms with E-state index in [4.69, 9.17) is 13.9 Å². The third-order valence-electron chi connectivity index (χ3n) is 5.08. The summed E-state index contributed by atoms with van der Waals surface area (Å²) >= 11 is 1.50. The fourth-order valence-corrected chi connectivity index (χ4v) is 4.34. The van der Waals surface area contributed by atoms with E-state index in [-0.39, 0.29) is 5.56 Å². The summed E-state index contributed by atoms with van der Waals surface area (Å²) in [6.45, 7) is 2.05. The van der Waals surface area contributed by atoms with Crippen LogP contribution in [-0.4, -0.2) is 33.5 Å². The Balaban J connectivity index is 1.26. The summed E-state index contributed by atoms with van der Waals surface area (Å²) in [6, 6.07) is 10.9. The zero-order valence-electron chi connectivity index (χ0n) is 16.8. The molecule has 0 amide bonds. The Labute approximate surface area is 182 Å². The highest BCUT2D eigenvalue weighted by Crippen LogP contribution is 2.29. The van der Waals surface area contributed by atoms with Crippen LogP contribution in [0.2, 0.25) is 0 Å². The van der Waals surface area contributed by atoms with E-state index < -0.39 is 0 Å². The number of benzene rings is 1. The number of thiazole rings is 1. The second-order valence-electron chi connectivity index (χ2n) is 7.15. The zero-order valence-corrected chi connectivity index (χ0v) is 17.6. The number of nitrogens with one attached hydrogen (secondary N) is 1. The third kappa shape index (κ3) is 4.23. The van der Waals surface area contributed by atoms with Crippen molar-refractivity contribution in [3.63, 3.8) is 0 Å². The van der Waals surface area contributed by atoms with Crippen LogP contribution in [0.1, 0.15) is 16.1 Å². The highest BCUT2D eigenvalue weighted by Gasteiger charge is 2.22. The van der Waals surface area contributed by atoms with Gasteiger partial charge in [-0.25, -0.2) is 9.97 Å². The molecule has 1 aromatic carbocycles. The molecular weight excluding hydrogens is 416 g/mol. The molecule has 4 aromatic rings. The van der Waals surface area contributed by atoms with Crippen molar-refractivity contribution in [2.24, 2.45) is 0 Å². The SMILES string of the molecule is COc1ccc(Oc2ncc(CN3CCc4nc(-c5ccco5)[nH]c(=O)c4C3)s2)cc1. The van der Waals surface area contributed by atoms with Crippen molar-refractivity contribution in [1.82, 2.24) is 19.9 Å². The molecular formula is C22H20N4O4S. The second kappa shape index (κ2) is 8.37. The van der Waals surface area contributed by atoms with Crippen molar-refractivity contribution < 1.29 is 13.9 Å². The first-order valence-corrected chi connectivity index (χ1v) is 10.6. The van der Waals surface area contributed by atoms with E-state index in [9.17, 15) is 4.79 Å². The van der Waals surface area contributed by atoms with Crippen LogP contribution >= 0.6 is 11.3 Å². The van der Waals surface area contributed by atoms with Crippen LogP contribution in [0.4, 0.5) is 0 Å². The Hall–Kier alpha value is -3.43. The maximum Gasteiger partial charge on any atom is 0.278 e. The van der Waals surface area contributed by atoms with E-state index in [2.05, 4.69) is 19.9 Å². The van der Waals surface area contributed by atoms with E-state index in [1.807, 2.05) is 30.5 Å². The number of rotatable bonds is 6. The average molecular weight is 436 g/mol. The molecule has 9 heteroatoms. The molecule has 31 heavy (non-hydrogen) atoms. The highest BCUT2D eigenvalue weighted by atomic mass is 32.1. The molecule has 0 aliphatic carbocycles. The Bertz CT molecular complexity index is 1230. The first-order valence-electron chi connectivity index (χ1n) is 9.83. The van der Waals surface area contributed by atoms with Crippen molar-refractivity contribution in [3.8, 4) is 28.3 Å². The topological polar surface area (TPSA) is 93.5 Å². The number of aromatic amines is 1. The summed E-state index contributed by atoms with van der Waals surface area (Å²) in [6.07, 6.45) is 4.10. The Morgan fingerprint density at radius 1 is 1.23 bits per heavy atom. The maximum atomic E-state index is 12.6. The third-order valence-corrected chi connectivity index (χ3v) is 5.94. The number of methoxy groups -OCH3 is 1. The Kier molecular flexibility index (Phi) is 5.27. The fourth-order valence-electron chi connectivity index (χ4n) is 3.52. The first-order chi connectivity index (χ1) is 15.2. The Morgan fingerprint density at radius 3 is 2.84 bits per heavy atom. The minimum absolute atomic E-state index is 0.117. The lowest BCUT2D eigenvalue weighted by Gasteiger charge is -2.26. The molecule has 1 aliphatic rings. The molecule has 0 spiro atoms. The summed E-state index contributed by atoms with van der Waals surface area (Å²) in [7, 11) is 1.63. The van der Waals surface area contributed by atoms with Gasteiger partial charge in [0.1, 0.15) is 11.5 Å². The van der Waals surface area contributed by atoms with Crippen molar-refractivity contribution >= 4 is 11.3 Å². The van der Waals surface area contributed by atoms with Gasteiger partial charge in [-0.15, -0.1) is 0 Å². The van der Waals surface area contributed by atoms with Crippen LogP contribution in [0.5, 0.6) is 16.7 Å². The van der Waals surface area contributed by atoms with E-state index in [0.717, 1.165) is 22.9 Å². The van der Waals surface area contributed by atoms with Gasteiger partial charge in [-0.3, -0.25) is 9.69 Å². The molecule has 1 aliphatic heterocycles. The molecule has 0 atom stereocenters. The van der Waals surface area contributed by atoms with Gasteiger partial charge in [-0.05, 0) is 36.4 Å². The molecule has 0 fully saturated rings. The average Bonchev–Trinajstić information content (AvgIpc) is 3.47. The molecule has 158 valence electrons. The molecule has 8 nitrogen and oxygen atoms in total. The predicted octanol–water partition coefficient (Wildman–Crippen LogP) is 3.85. The fraction of sp³-hybridized carbons (Fsp3) is 0.227. The lowest BCUT2D eigenvalue weighted by atomic mass is 10.1. The van der Waals surface area contributed by atoms with Crippen molar-refractivity contribution in [2.75, 3.05) is 13.7 Å². The van der Waals surface area contributed by atoms with Gasteiger partial charge in [-0.1, -0.05) is 11.3 Å². The van der Waals surface area contributed by atoms with Crippen LogP contribution in [0, 0.1) is 0 Å². The van der Waals surface area contributed by atoms with E-state index in [0.29, 0.717) is 47.6 Å². The molecule has 1 N–H and O–H groups in total. The van der Waals surface area contributed by atoms with Crippen LogP contribution in [0.3, 0.4) is 0 Å². The molecule has 0 radical (unpaired) electrons. The Morgan fingerprint density at radius 2 is 2.06 bits per heavy atom. The van der Waals surface area contributed by atoms with Gasteiger partial charge in [0, 0.05) is 37.1 Å².